The summed E-state index contributed by atoms with van der Waals surface area (Å²) in [5, 5.41) is 6.99. The molecule has 0 bridgehead atoms. The monoisotopic (exact) mass is 233 g/mol. The first-order valence-electron chi connectivity index (χ1n) is 4.07. The second-order valence-electron chi connectivity index (χ2n) is 2.63. The highest BCUT2D eigenvalue weighted by Gasteiger charge is 2.21. The molecule has 2 N–H and O–H groups in total. The lowest BCUT2D eigenvalue weighted by atomic mass is 10.4. The average molecular weight is 233 g/mol. The SMILES string of the molecule is CCN(C#N)C(=O)CCS(=O)(=O)C(N)=O. The molecule has 2 amide bonds. The Bertz CT molecular complexity index is 395. The first-order chi connectivity index (χ1) is 6.85. The molecule has 15 heavy (non-hydrogen) atoms. The van der Waals surface area contributed by atoms with Crippen molar-refractivity contribution in [3.8, 4) is 6.19 Å². The maximum Gasteiger partial charge on any atom is 0.333 e. The van der Waals surface area contributed by atoms with Crippen LogP contribution in [0.5, 0.6) is 0 Å². The molecule has 0 aliphatic rings. The van der Waals surface area contributed by atoms with Gasteiger partial charge in [0, 0.05) is 13.0 Å². The number of carbonyl (C=O) groups is 2. The Balaban J connectivity index is 4.37. The molecule has 0 heterocycles. The van der Waals surface area contributed by atoms with Crippen molar-refractivity contribution >= 4 is 21.0 Å². The van der Waals surface area contributed by atoms with E-state index in [1.807, 2.05) is 0 Å². The molecule has 8 heteroatoms. The van der Waals surface area contributed by atoms with Crippen LogP contribution >= 0.6 is 0 Å². The van der Waals surface area contributed by atoms with Crippen LogP contribution in [-0.4, -0.2) is 36.8 Å². The van der Waals surface area contributed by atoms with E-state index in [1.165, 1.54) is 0 Å². The number of nitrogens with two attached hydrogens (primary N) is 1. The van der Waals surface area contributed by atoms with Crippen molar-refractivity contribution in [2.24, 2.45) is 5.73 Å². The minimum absolute atomic E-state index is 0.159. The van der Waals surface area contributed by atoms with Gasteiger partial charge < -0.3 is 5.73 Å². The van der Waals surface area contributed by atoms with Gasteiger partial charge in [-0.2, -0.15) is 5.26 Å². The van der Waals surface area contributed by atoms with Crippen LogP contribution in [0, 0.1) is 11.5 Å². The fourth-order valence-corrected chi connectivity index (χ4v) is 1.40. The van der Waals surface area contributed by atoms with Crippen molar-refractivity contribution in [1.82, 2.24) is 4.90 Å². The molecule has 0 unspecified atom stereocenters. The summed E-state index contributed by atoms with van der Waals surface area (Å²) in [6.07, 6.45) is 1.17. The van der Waals surface area contributed by atoms with Crippen molar-refractivity contribution in [3.05, 3.63) is 0 Å². The first-order valence-corrected chi connectivity index (χ1v) is 5.72. The Morgan fingerprint density at radius 1 is 1.47 bits per heavy atom. The number of sulfone groups is 1. The maximum atomic E-state index is 11.2. The molecule has 0 aromatic heterocycles. The lowest BCUT2D eigenvalue weighted by Crippen LogP contribution is -2.30. The zero-order chi connectivity index (χ0) is 12.1. The van der Waals surface area contributed by atoms with Crippen LogP contribution in [0.25, 0.3) is 0 Å². The second-order valence-corrected chi connectivity index (χ2v) is 4.67. The fourth-order valence-electron chi connectivity index (χ4n) is 0.760. The zero-order valence-electron chi connectivity index (χ0n) is 8.13. The highest BCUT2D eigenvalue weighted by Crippen LogP contribution is 1.98. The molecule has 0 spiro atoms. The van der Waals surface area contributed by atoms with Gasteiger partial charge in [-0.15, -0.1) is 0 Å². The van der Waals surface area contributed by atoms with Crippen LogP contribution in [0.1, 0.15) is 13.3 Å². The zero-order valence-corrected chi connectivity index (χ0v) is 8.95. The lowest BCUT2D eigenvalue weighted by molar-refractivity contribution is -0.127. The molecule has 0 aliphatic heterocycles. The predicted molar refractivity (Wildman–Crippen MR) is 51.0 cm³/mol. The standard InChI is InChI=1S/C7H11N3O4S/c1-2-10(5-8)6(11)3-4-15(13,14)7(9)12/h2-4H2,1H3,(H2,9,12). The van der Waals surface area contributed by atoms with E-state index in [0.29, 0.717) is 0 Å². The van der Waals surface area contributed by atoms with Crippen LogP contribution in [0.2, 0.25) is 0 Å². The number of hydrogen-bond donors (Lipinski definition) is 1. The molecule has 84 valence electrons. The molecule has 0 rings (SSSR count). The lowest BCUT2D eigenvalue weighted by Gasteiger charge is -2.09. The number of hydrogen-bond acceptors (Lipinski definition) is 5. The number of rotatable bonds is 4. The van der Waals surface area contributed by atoms with Crippen molar-refractivity contribution in [2.45, 2.75) is 13.3 Å². The topological polar surface area (TPSA) is 121 Å². The molecule has 0 fully saturated rings. The normalized spacial score (nSPS) is 10.4. The molecule has 0 aliphatic carbocycles. The molecular formula is C7H11N3O4S. The summed E-state index contributed by atoms with van der Waals surface area (Å²) in [5.41, 5.74) is 4.58. The first kappa shape index (κ1) is 13.4. The van der Waals surface area contributed by atoms with E-state index in [2.05, 4.69) is 5.73 Å². The van der Waals surface area contributed by atoms with Crippen molar-refractivity contribution in [2.75, 3.05) is 12.3 Å². The number of nitrogens with zero attached hydrogens (tertiary/aromatic N) is 2. The number of nitriles is 1. The van der Waals surface area contributed by atoms with E-state index in [4.69, 9.17) is 5.26 Å². The van der Waals surface area contributed by atoms with Crippen LogP contribution in [0.3, 0.4) is 0 Å². The van der Waals surface area contributed by atoms with E-state index in [-0.39, 0.29) is 6.54 Å². The summed E-state index contributed by atoms with van der Waals surface area (Å²) in [6.45, 7) is 1.73. The van der Waals surface area contributed by atoms with Gasteiger partial charge >= 0.3 is 5.24 Å². The van der Waals surface area contributed by atoms with Gasteiger partial charge in [0.1, 0.15) is 0 Å². The minimum Gasteiger partial charge on any atom is -0.356 e. The highest BCUT2D eigenvalue weighted by atomic mass is 32.2. The van der Waals surface area contributed by atoms with Crippen LogP contribution in [0.15, 0.2) is 0 Å². The van der Waals surface area contributed by atoms with Crippen molar-refractivity contribution in [1.29, 1.82) is 5.26 Å². The smallest absolute Gasteiger partial charge is 0.333 e. The Morgan fingerprint density at radius 3 is 2.33 bits per heavy atom. The minimum atomic E-state index is -4.06. The summed E-state index contributed by atoms with van der Waals surface area (Å²) in [6, 6.07) is 0. The van der Waals surface area contributed by atoms with Crippen molar-refractivity contribution in [3.63, 3.8) is 0 Å². The third kappa shape index (κ3) is 3.95. The molecule has 0 atom stereocenters. The predicted octanol–water partition coefficient (Wildman–Crippen LogP) is -0.800. The molecule has 0 saturated heterocycles. The fraction of sp³-hybridized carbons (Fsp3) is 0.571. The number of primary amides is 1. The molecule has 0 aromatic carbocycles. The maximum absolute atomic E-state index is 11.2. The molecular weight excluding hydrogens is 222 g/mol. The highest BCUT2D eigenvalue weighted by molar-refractivity contribution is 8.05. The molecule has 7 nitrogen and oxygen atoms in total. The van der Waals surface area contributed by atoms with Gasteiger partial charge in [0.25, 0.3) is 0 Å². The van der Waals surface area contributed by atoms with Gasteiger partial charge in [0.05, 0.1) is 5.75 Å². The summed E-state index contributed by atoms with van der Waals surface area (Å²) in [7, 11) is -4.06. The Kier molecular flexibility index (Phi) is 4.73. The summed E-state index contributed by atoms with van der Waals surface area (Å²) >= 11 is 0. The number of carbonyl (C=O) groups excluding carboxylic acids is 2. The van der Waals surface area contributed by atoms with Crippen LogP contribution in [0.4, 0.5) is 4.79 Å². The van der Waals surface area contributed by atoms with Crippen molar-refractivity contribution < 1.29 is 18.0 Å². The molecule has 0 aromatic rings. The third-order valence-corrected chi connectivity index (χ3v) is 2.98. The van der Waals surface area contributed by atoms with E-state index < -0.39 is 33.2 Å². The summed E-state index contributed by atoms with van der Waals surface area (Å²) in [4.78, 5) is 22.4. The van der Waals surface area contributed by atoms with E-state index in [0.717, 1.165) is 4.90 Å². The largest absolute Gasteiger partial charge is 0.356 e. The molecule has 0 saturated carbocycles. The summed E-state index contributed by atoms with van der Waals surface area (Å²) < 4.78 is 21.8. The van der Waals surface area contributed by atoms with E-state index >= 15 is 0 Å². The third-order valence-electron chi connectivity index (χ3n) is 1.63. The van der Waals surface area contributed by atoms with Gasteiger partial charge in [-0.1, -0.05) is 0 Å². The molecule has 0 radical (unpaired) electrons. The summed E-state index contributed by atoms with van der Waals surface area (Å²) in [5.74, 6) is -1.32. The Labute approximate surface area is 87.4 Å². The van der Waals surface area contributed by atoms with Gasteiger partial charge in [0.15, 0.2) is 6.19 Å². The van der Waals surface area contributed by atoms with Gasteiger partial charge in [-0.25, -0.2) is 13.3 Å². The van der Waals surface area contributed by atoms with Gasteiger partial charge in [-0.05, 0) is 6.92 Å². The van der Waals surface area contributed by atoms with Crippen LogP contribution < -0.4 is 5.73 Å². The van der Waals surface area contributed by atoms with Crippen LogP contribution in [-0.2, 0) is 14.6 Å². The van der Waals surface area contributed by atoms with Gasteiger partial charge in [-0.3, -0.25) is 9.59 Å². The second kappa shape index (κ2) is 5.31. The van der Waals surface area contributed by atoms with Gasteiger partial charge in [0.2, 0.25) is 15.7 Å². The van der Waals surface area contributed by atoms with E-state index in [1.54, 1.807) is 13.1 Å². The van der Waals surface area contributed by atoms with E-state index in [9.17, 15) is 18.0 Å². The Hall–Kier alpha value is -1.62. The number of amides is 2. The Morgan fingerprint density at radius 2 is 2.00 bits per heavy atom. The average Bonchev–Trinajstić information content (AvgIpc) is 2.16. The quantitative estimate of drug-likeness (QED) is 0.503.